The van der Waals surface area contributed by atoms with E-state index < -0.39 is 10.8 Å². The molecular formula is C7H17N2OS+. The maximum Gasteiger partial charge on any atom is 0.0855 e. The Labute approximate surface area is 71.0 Å². The second-order valence-corrected chi connectivity index (χ2v) is 5.44. The highest BCUT2D eigenvalue weighted by atomic mass is 32.2. The highest BCUT2D eigenvalue weighted by Gasteiger charge is 2.25. The van der Waals surface area contributed by atoms with Crippen molar-refractivity contribution < 1.29 is 8.80 Å². The van der Waals surface area contributed by atoms with Crippen molar-refractivity contribution in [2.24, 2.45) is 0 Å². The lowest BCUT2D eigenvalue weighted by atomic mass is 10.6. The fraction of sp³-hybridized carbons (Fsp3) is 1.00. The fourth-order valence-corrected chi connectivity index (χ4v) is 2.26. The number of quaternary nitrogens is 1. The van der Waals surface area contributed by atoms with E-state index in [0.717, 1.165) is 29.2 Å². The summed E-state index contributed by atoms with van der Waals surface area (Å²) in [5.74, 6) is 1.69. The van der Waals surface area contributed by atoms with Gasteiger partial charge in [0.15, 0.2) is 0 Å². The summed E-state index contributed by atoms with van der Waals surface area (Å²) in [5.41, 5.74) is 0. The van der Waals surface area contributed by atoms with E-state index in [2.05, 4.69) is 26.2 Å². The maximum atomic E-state index is 11.0. The maximum absolute atomic E-state index is 11.0. The van der Waals surface area contributed by atoms with Gasteiger partial charge in [-0.05, 0) is 0 Å². The van der Waals surface area contributed by atoms with Gasteiger partial charge < -0.3 is 0 Å². The van der Waals surface area contributed by atoms with Gasteiger partial charge in [-0.15, -0.1) is 0 Å². The van der Waals surface area contributed by atoms with Crippen molar-refractivity contribution in [3.63, 3.8) is 0 Å². The molecule has 0 aromatic carbocycles. The standard InChI is InChI=1S/C7H17N2OS/c1-9(2,3)8-4-6-11(10)7-5-8/h4-7H2,1-3H3/q+1. The van der Waals surface area contributed by atoms with Gasteiger partial charge in [0, 0.05) is 22.3 Å². The number of hydrogen-bond donors (Lipinski definition) is 0. The van der Waals surface area contributed by atoms with Gasteiger partial charge in [-0.1, -0.05) is 0 Å². The van der Waals surface area contributed by atoms with Gasteiger partial charge >= 0.3 is 0 Å². The highest BCUT2D eigenvalue weighted by molar-refractivity contribution is 7.85. The van der Waals surface area contributed by atoms with Crippen LogP contribution < -0.4 is 0 Å². The first-order valence-corrected chi connectivity index (χ1v) is 5.41. The zero-order valence-electron chi connectivity index (χ0n) is 7.54. The molecule has 3 nitrogen and oxygen atoms in total. The molecule has 1 rings (SSSR count). The third-order valence-corrected chi connectivity index (χ3v) is 3.28. The van der Waals surface area contributed by atoms with Crippen molar-refractivity contribution >= 4 is 10.8 Å². The Kier molecular flexibility index (Phi) is 2.67. The smallest absolute Gasteiger partial charge is 0.0855 e. The van der Waals surface area contributed by atoms with Crippen LogP contribution in [0.2, 0.25) is 0 Å². The van der Waals surface area contributed by atoms with Gasteiger partial charge in [0.05, 0.1) is 34.2 Å². The molecule has 1 heterocycles. The largest absolute Gasteiger partial charge is 0.259 e. The molecule has 0 amide bonds. The second-order valence-electron chi connectivity index (χ2n) is 3.74. The second kappa shape index (κ2) is 3.21. The first kappa shape index (κ1) is 9.16. The van der Waals surface area contributed by atoms with Gasteiger partial charge in [0.25, 0.3) is 0 Å². The molecule has 11 heavy (non-hydrogen) atoms. The van der Waals surface area contributed by atoms with Gasteiger partial charge in [0.1, 0.15) is 0 Å². The molecule has 0 aromatic heterocycles. The Morgan fingerprint density at radius 3 is 2.00 bits per heavy atom. The third kappa shape index (κ3) is 2.54. The Balaban J connectivity index is 2.45. The Morgan fingerprint density at radius 2 is 1.64 bits per heavy atom. The van der Waals surface area contributed by atoms with Gasteiger partial charge in [-0.25, -0.2) is 0 Å². The van der Waals surface area contributed by atoms with Crippen LogP contribution in [0.1, 0.15) is 0 Å². The van der Waals surface area contributed by atoms with Crippen LogP contribution in [0.5, 0.6) is 0 Å². The summed E-state index contributed by atoms with van der Waals surface area (Å²) in [6.45, 7) is 1.94. The molecule has 4 heteroatoms. The van der Waals surface area contributed by atoms with Crippen LogP contribution in [0.4, 0.5) is 0 Å². The van der Waals surface area contributed by atoms with Crippen molar-refractivity contribution in [3.05, 3.63) is 0 Å². The van der Waals surface area contributed by atoms with Crippen LogP contribution in [-0.4, -0.2) is 59.5 Å². The lowest BCUT2D eigenvalue weighted by Crippen LogP contribution is -2.56. The van der Waals surface area contributed by atoms with Crippen molar-refractivity contribution in [1.82, 2.24) is 5.01 Å². The van der Waals surface area contributed by atoms with E-state index in [9.17, 15) is 4.21 Å². The molecule has 0 unspecified atom stereocenters. The Morgan fingerprint density at radius 1 is 1.18 bits per heavy atom. The summed E-state index contributed by atoms with van der Waals surface area (Å²) < 4.78 is 11.9. The zero-order chi connectivity index (χ0) is 8.48. The highest BCUT2D eigenvalue weighted by Crippen LogP contribution is 2.06. The van der Waals surface area contributed by atoms with Crippen LogP contribution >= 0.6 is 0 Å². The van der Waals surface area contributed by atoms with E-state index in [1.54, 1.807) is 0 Å². The van der Waals surface area contributed by atoms with Crippen LogP contribution in [0.25, 0.3) is 0 Å². The molecule has 0 spiro atoms. The molecule has 0 atom stereocenters. The monoisotopic (exact) mass is 177 g/mol. The van der Waals surface area contributed by atoms with Gasteiger partial charge in [0.2, 0.25) is 0 Å². The molecular weight excluding hydrogens is 160 g/mol. The van der Waals surface area contributed by atoms with Crippen molar-refractivity contribution in [2.75, 3.05) is 45.7 Å². The predicted molar refractivity (Wildman–Crippen MR) is 47.5 cm³/mol. The van der Waals surface area contributed by atoms with Crippen molar-refractivity contribution in [2.45, 2.75) is 0 Å². The number of nitrogens with zero attached hydrogens (tertiary/aromatic N) is 2. The summed E-state index contributed by atoms with van der Waals surface area (Å²) >= 11 is 0. The van der Waals surface area contributed by atoms with E-state index in [1.807, 2.05) is 0 Å². The molecule has 66 valence electrons. The average molecular weight is 177 g/mol. The van der Waals surface area contributed by atoms with Crippen molar-refractivity contribution in [3.8, 4) is 0 Å². The molecule has 0 aliphatic carbocycles. The van der Waals surface area contributed by atoms with E-state index in [4.69, 9.17) is 0 Å². The number of hydrogen-bond acceptors (Lipinski definition) is 2. The van der Waals surface area contributed by atoms with Crippen LogP contribution in [0.15, 0.2) is 0 Å². The predicted octanol–water partition coefficient (Wildman–Crippen LogP) is -0.328. The summed E-state index contributed by atoms with van der Waals surface area (Å²) in [4.78, 5) is 0. The lowest BCUT2D eigenvalue weighted by Gasteiger charge is -2.38. The third-order valence-electron chi connectivity index (χ3n) is 2.00. The summed E-state index contributed by atoms with van der Waals surface area (Å²) in [6.07, 6.45) is 0. The molecule has 1 aliphatic heterocycles. The van der Waals surface area contributed by atoms with Crippen LogP contribution in [-0.2, 0) is 10.8 Å². The molecule has 0 saturated carbocycles. The van der Waals surface area contributed by atoms with Crippen LogP contribution in [0, 0.1) is 0 Å². The normalized spacial score (nSPS) is 23.9. The zero-order valence-corrected chi connectivity index (χ0v) is 8.36. The minimum Gasteiger partial charge on any atom is -0.259 e. The SMILES string of the molecule is C[N+](C)(C)N1CCS(=O)CC1. The lowest BCUT2D eigenvalue weighted by molar-refractivity contribution is -0.986. The minimum atomic E-state index is -0.547. The fourth-order valence-electron chi connectivity index (χ4n) is 1.23. The molecule has 0 aromatic rings. The van der Waals surface area contributed by atoms with E-state index >= 15 is 0 Å². The first-order chi connectivity index (χ1) is 5.00. The molecule has 0 bridgehead atoms. The van der Waals surface area contributed by atoms with Crippen LogP contribution in [0.3, 0.4) is 0 Å². The van der Waals surface area contributed by atoms with E-state index in [0.29, 0.717) is 0 Å². The minimum absolute atomic E-state index is 0.547. The molecule has 0 radical (unpaired) electrons. The summed E-state index contributed by atoms with van der Waals surface area (Å²) in [7, 11) is 5.89. The average Bonchev–Trinajstić information content (AvgIpc) is 1.86. The first-order valence-electron chi connectivity index (χ1n) is 3.92. The topological polar surface area (TPSA) is 20.3 Å². The van der Waals surface area contributed by atoms with E-state index in [-0.39, 0.29) is 0 Å². The molecule has 1 aliphatic rings. The van der Waals surface area contributed by atoms with Gasteiger partial charge in [-0.3, -0.25) is 8.80 Å². The summed E-state index contributed by atoms with van der Waals surface area (Å²) in [6, 6.07) is 0. The number of rotatable bonds is 1. The molecule has 1 saturated heterocycles. The Bertz CT molecular complexity index is 154. The quantitative estimate of drug-likeness (QED) is 0.511. The Hall–Kier alpha value is 0.0700. The summed E-state index contributed by atoms with van der Waals surface area (Å²) in [5, 5.41) is 2.33. The molecule has 0 N–H and O–H groups in total. The molecule has 1 fully saturated rings. The van der Waals surface area contributed by atoms with Gasteiger partial charge in [-0.2, -0.15) is 5.01 Å². The van der Waals surface area contributed by atoms with E-state index in [1.165, 1.54) is 0 Å². The van der Waals surface area contributed by atoms with Crippen molar-refractivity contribution in [1.29, 1.82) is 0 Å².